The van der Waals surface area contributed by atoms with Gasteiger partial charge in [0.25, 0.3) is 10.0 Å². The van der Waals surface area contributed by atoms with Crippen molar-refractivity contribution in [2.45, 2.75) is 47.8 Å². The van der Waals surface area contributed by atoms with Crippen LogP contribution in [0.25, 0.3) is 0 Å². The van der Waals surface area contributed by atoms with Gasteiger partial charge in [0.05, 0.1) is 15.5 Å². The summed E-state index contributed by atoms with van der Waals surface area (Å²) < 4.78 is 53.5. The lowest BCUT2D eigenvalue weighted by molar-refractivity contribution is 0.443. The van der Waals surface area contributed by atoms with E-state index in [0.29, 0.717) is 5.92 Å². The largest absolute Gasteiger partial charge is 0.280 e. The smallest absolute Gasteiger partial charge is 0.261 e. The van der Waals surface area contributed by atoms with E-state index in [-0.39, 0.29) is 15.5 Å². The van der Waals surface area contributed by atoms with Gasteiger partial charge in [-0.2, -0.15) is 0 Å². The predicted octanol–water partition coefficient (Wildman–Crippen LogP) is 3.79. The number of nitrogens with zero attached hydrogens (tertiary/aromatic N) is 1. The summed E-state index contributed by atoms with van der Waals surface area (Å²) in [5.74, 6) is 0.506. The van der Waals surface area contributed by atoms with Crippen molar-refractivity contribution in [1.29, 1.82) is 0 Å². The normalized spacial score (nSPS) is 16.2. The highest BCUT2D eigenvalue weighted by Gasteiger charge is 2.20. The van der Waals surface area contributed by atoms with Gasteiger partial charge in [0.15, 0.2) is 0 Å². The number of hydrogen-bond acceptors (Lipinski definition) is 4. The van der Waals surface area contributed by atoms with E-state index in [0.717, 1.165) is 17.1 Å². The number of rotatable bonds is 6. The molecule has 0 bridgehead atoms. The van der Waals surface area contributed by atoms with Crippen LogP contribution in [0, 0.1) is 0 Å². The van der Waals surface area contributed by atoms with Crippen LogP contribution in [0.5, 0.6) is 0 Å². The molecule has 0 radical (unpaired) electrons. The molecule has 1 fully saturated rings. The van der Waals surface area contributed by atoms with Crippen molar-refractivity contribution >= 4 is 25.7 Å². The zero-order valence-electron chi connectivity index (χ0n) is 16.1. The van der Waals surface area contributed by atoms with Gasteiger partial charge in [0, 0.05) is 14.1 Å². The van der Waals surface area contributed by atoms with E-state index in [2.05, 4.69) is 4.72 Å². The fourth-order valence-corrected chi connectivity index (χ4v) is 5.50. The van der Waals surface area contributed by atoms with Crippen LogP contribution in [0.4, 0.5) is 5.69 Å². The third-order valence-electron chi connectivity index (χ3n) is 5.13. The lowest BCUT2D eigenvalue weighted by Crippen LogP contribution is -2.22. The maximum Gasteiger partial charge on any atom is 0.261 e. The van der Waals surface area contributed by atoms with Crippen molar-refractivity contribution in [1.82, 2.24) is 4.31 Å². The molecule has 2 aromatic carbocycles. The molecule has 6 nitrogen and oxygen atoms in total. The number of benzene rings is 2. The Bertz CT molecular complexity index is 1020. The summed E-state index contributed by atoms with van der Waals surface area (Å²) in [4.78, 5) is 0.193. The molecule has 1 saturated carbocycles. The number of nitrogens with one attached hydrogen (secondary N) is 1. The number of sulfonamides is 2. The first-order chi connectivity index (χ1) is 13.2. The Balaban J connectivity index is 1.80. The Labute approximate surface area is 167 Å². The van der Waals surface area contributed by atoms with Crippen molar-refractivity contribution in [3.63, 3.8) is 0 Å². The van der Waals surface area contributed by atoms with Crippen LogP contribution in [0.1, 0.15) is 43.6 Å². The third kappa shape index (κ3) is 4.56. The fraction of sp³-hybridized carbons (Fsp3) is 0.400. The quantitative estimate of drug-likeness (QED) is 0.768. The lowest BCUT2D eigenvalue weighted by Gasteiger charge is -2.22. The summed E-state index contributed by atoms with van der Waals surface area (Å²) in [6.45, 7) is 0. The molecule has 1 aliphatic carbocycles. The van der Waals surface area contributed by atoms with Crippen molar-refractivity contribution < 1.29 is 16.8 Å². The Morgan fingerprint density at radius 2 is 1.50 bits per heavy atom. The second kappa shape index (κ2) is 8.23. The zero-order valence-corrected chi connectivity index (χ0v) is 17.8. The molecule has 8 heteroatoms. The number of anilines is 1. The second-order valence-electron chi connectivity index (χ2n) is 7.32. The monoisotopic (exact) mass is 422 g/mol. The number of hydrogen-bond donors (Lipinski definition) is 1. The van der Waals surface area contributed by atoms with Crippen LogP contribution in [0.2, 0.25) is 0 Å². The Morgan fingerprint density at radius 3 is 2.11 bits per heavy atom. The first-order valence-electron chi connectivity index (χ1n) is 9.35. The van der Waals surface area contributed by atoms with E-state index in [4.69, 9.17) is 0 Å². The predicted molar refractivity (Wildman–Crippen MR) is 110 cm³/mol. The molecular formula is C20H26N2O4S2. The maximum absolute atomic E-state index is 12.7. The molecule has 0 spiro atoms. The van der Waals surface area contributed by atoms with Gasteiger partial charge in [-0.1, -0.05) is 37.5 Å². The van der Waals surface area contributed by atoms with Gasteiger partial charge in [-0.3, -0.25) is 4.72 Å². The summed E-state index contributed by atoms with van der Waals surface area (Å²) in [6.07, 6.45) is 6.02. The van der Waals surface area contributed by atoms with E-state index in [1.807, 2.05) is 12.1 Å². The fourth-order valence-electron chi connectivity index (χ4n) is 3.50. The topological polar surface area (TPSA) is 83.6 Å². The van der Waals surface area contributed by atoms with Crippen molar-refractivity contribution in [2.24, 2.45) is 0 Å². The van der Waals surface area contributed by atoms with Crippen molar-refractivity contribution in [2.75, 3.05) is 18.8 Å². The van der Waals surface area contributed by atoms with Crippen LogP contribution < -0.4 is 4.72 Å². The minimum absolute atomic E-state index is 0.0327. The van der Waals surface area contributed by atoms with E-state index in [9.17, 15) is 16.8 Å². The SMILES string of the molecule is CN(C)S(=O)(=O)c1cccc(NS(=O)(=O)c2ccc(C3CCCCC3)cc2)c1. The van der Waals surface area contributed by atoms with Crippen LogP contribution in [-0.4, -0.2) is 35.2 Å². The molecule has 28 heavy (non-hydrogen) atoms. The third-order valence-corrected chi connectivity index (χ3v) is 8.34. The average molecular weight is 423 g/mol. The average Bonchev–Trinajstić information content (AvgIpc) is 2.68. The van der Waals surface area contributed by atoms with E-state index >= 15 is 0 Å². The summed E-state index contributed by atoms with van der Waals surface area (Å²) in [5, 5.41) is 0. The molecule has 3 rings (SSSR count). The first-order valence-corrected chi connectivity index (χ1v) is 12.3. The molecule has 0 aliphatic heterocycles. The van der Waals surface area contributed by atoms with Gasteiger partial charge >= 0.3 is 0 Å². The standard InChI is InChI=1S/C20H26N2O4S2/c1-22(2)28(25,26)20-10-6-9-18(15-20)21-27(23,24)19-13-11-17(12-14-19)16-7-4-3-5-8-16/h6,9-16,21H,3-5,7-8H2,1-2H3. The molecule has 0 heterocycles. The molecule has 0 saturated heterocycles. The zero-order chi connectivity index (χ0) is 20.4. The van der Waals surface area contributed by atoms with Gasteiger partial charge in [0.2, 0.25) is 10.0 Å². The first kappa shape index (κ1) is 20.8. The summed E-state index contributed by atoms with van der Waals surface area (Å²) in [6, 6.07) is 12.8. The van der Waals surface area contributed by atoms with Gasteiger partial charge in [0.1, 0.15) is 0 Å². The van der Waals surface area contributed by atoms with Gasteiger partial charge in [-0.15, -0.1) is 0 Å². The maximum atomic E-state index is 12.7. The van der Waals surface area contributed by atoms with E-state index in [1.165, 1.54) is 63.2 Å². The molecule has 1 N–H and O–H groups in total. The Hall–Kier alpha value is -1.90. The highest BCUT2D eigenvalue weighted by atomic mass is 32.2. The Morgan fingerprint density at radius 1 is 0.857 bits per heavy atom. The minimum atomic E-state index is -3.80. The molecular weight excluding hydrogens is 396 g/mol. The molecule has 1 aliphatic rings. The van der Waals surface area contributed by atoms with Gasteiger partial charge < -0.3 is 0 Å². The van der Waals surface area contributed by atoms with Crippen LogP contribution >= 0.6 is 0 Å². The molecule has 152 valence electrons. The summed E-state index contributed by atoms with van der Waals surface area (Å²) in [5.41, 5.74) is 1.39. The van der Waals surface area contributed by atoms with Gasteiger partial charge in [-0.05, 0) is 54.7 Å². The molecule has 0 atom stereocenters. The lowest BCUT2D eigenvalue weighted by atomic mass is 9.84. The highest BCUT2D eigenvalue weighted by Crippen LogP contribution is 2.33. The molecule has 0 amide bonds. The summed E-state index contributed by atoms with van der Waals surface area (Å²) >= 11 is 0. The minimum Gasteiger partial charge on any atom is -0.280 e. The van der Waals surface area contributed by atoms with Crippen molar-refractivity contribution in [3.8, 4) is 0 Å². The van der Waals surface area contributed by atoms with Crippen LogP contribution in [0.3, 0.4) is 0 Å². The molecule has 0 aromatic heterocycles. The second-order valence-corrected chi connectivity index (χ2v) is 11.2. The van der Waals surface area contributed by atoms with E-state index < -0.39 is 20.0 Å². The molecule has 2 aromatic rings. The van der Waals surface area contributed by atoms with Gasteiger partial charge in [-0.25, -0.2) is 21.1 Å². The Kier molecular flexibility index (Phi) is 6.12. The highest BCUT2D eigenvalue weighted by molar-refractivity contribution is 7.92. The summed E-state index contributed by atoms with van der Waals surface area (Å²) in [7, 11) is -4.58. The molecule has 0 unspecified atom stereocenters. The van der Waals surface area contributed by atoms with E-state index in [1.54, 1.807) is 12.1 Å². The van der Waals surface area contributed by atoms with Crippen molar-refractivity contribution in [3.05, 3.63) is 54.1 Å². The van der Waals surface area contributed by atoms with Crippen LogP contribution in [-0.2, 0) is 20.0 Å². The van der Waals surface area contributed by atoms with Crippen LogP contribution in [0.15, 0.2) is 58.3 Å².